The SMILES string of the molecule is O=C(CSC1=Nc2ccccc2[C@H]2CC=NN12)Nc1cc(Cl)c(Cl)cc1Cl. The molecule has 2 heterocycles. The summed E-state index contributed by atoms with van der Waals surface area (Å²) in [6, 6.07) is 11.2. The summed E-state index contributed by atoms with van der Waals surface area (Å²) < 4.78 is 0. The van der Waals surface area contributed by atoms with Crippen molar-refractivity contribution < 1.29 is 4.79 Å². The Bertz CT molecular complexity index is 979. The number of rotatable bonds is 3. The summed E-state index contributed by atoms with van der Waals surface area (Å²) in [6.45, 7) is 0. The number of hydrogen-bond donors (Lipinski definition) is 1. The van der Waals surface area contributed by atoms with E-state index >= 15 is 0 Å². The third-order valence-electron chi connectivity index (χ3n) is 4.15. The van der Waals surface area contributed by atoms with Crippen molar-refractivity contribution in [2.45, 2.75) is 12.5 Å². The fourth-order valence-corrected chi connectivity index (χ4v) is 4.31. The third kappa shape index (κ3) is 3.80. The van der Waals surface area contributed by atoms with Crippen LogP contribution in [0.4, 0.5) is 11.4 Å². The first-order chi connectivity index (χ1) is 13.0. The molecule has 0 aromatic heterocycles. The molecule has 0 saturated heterocycles. The monoisotopic (exact) mass is 438 g/mol. The molecule has 2 aliphatic heterocycles. The molecule has 9 heteroatoms. The van der Waals surface area contributed by atoms with Crippen LogP contribution in [0.15, 0.2) is 46.5 Å². The number of halogens is 3. The molecular weight excluding hydrogens is 427 g/mol. The minimum Gasteiger partial charge on any atom is -0.324 e. The fraction of sp³-hybridized carbons (Fsp3) is 0.167. The van der Waals surface area contributed by atoms with Gasteiger partial charge in [-0.25, -0.2) is 10.0 Å². The number of carbonyl (C=O) groups excluding carboxylic acids is 1. The van der Waals surface area contributed by atoms with Crippen molar-refractivity contribution >= 4 is 75.2 Å². The quantitative estimate of drug-likeness (QED) is 0.619. The molecule has 1 N–H and O–H groups in total. The van der Waals surface area contributed by atoms with Crippen LogP contribution in [-0.4, -0.2) is 28.1 Å². The molecular formula is C18H13Cl3N4OS. The summed E-state index contributed by atoms with van der Waals surface area (Å²) in [6.07, 6.45) is 2.69. The first-order valence-corrected chi connectivity index (χ1v) is 10.2. The number of anilines is 1. The molecule has 0 aliphatic carbocycles. The number of amidine groups is 1. The van der Waals surface area contributed by atoms with Gasteiger partial charge in [0, 0.05) is 18.2 Å². The van der Waals surface area contributed by atoms with E-state index < -0.39 is 0 Å². The first kappa shape index (κ1) is 18.6. The van der Waals surface area contributed by atoms with Crippen LogP contribution in [0, 0.1) is 0 Å². The molecule has 5 nitrogen and oxygen atoms in total. The zero-order valence-corrected chi connectivity index (χ0v) is 16.9. The van der Waals surface area contributed by atoms with Crippen LogP contribution in [0.5, 0.6) is 0 Å². The third-order valence-corrected chi connectivity index (χ3v) is 6.13. The van der Waals surface area contributed by atoms with E-state index in [0.29, 0.717) is 25.9 Å². The van der Waals surface area contributed by atoms with E-state index in [1.165, 1.54) is 23.9 Å². The average molecular weight is 440 g/mol. The van der Waals surface area contributed by atoms with Gasteiger partial charge in [0.2, 0.25) is 5.91 Å². The lowest BCUT2D eigenvalue weighted by atomic mass is 10.0. The molecule has 138 valence electrons. The first-order valence-electron chi connectivity index (χ1n) is 8.09. The molecule has 0 saturated carbocycles. The Balaban J connectivity index is 1.47. The number of fused-ring (bicyclic) bond motifs is 3. The molecule has 2 aromatic rings. The van der Waals surface area contributed by atoms with Crippen LogP contribution in [0.25, 0.3) is 0 Å². The largest absolute Gasteiger partial charge is 0.324 e. The highest BCUT2D eigenvalue weighted by Gasteiger charge is 2.32. The molecule has 1 amide bonds. The van der Waals surface area contributed by atoms with E-state index in [4.69, 9.17) is 34.8 Å². The minimum atomic E-state index is -0.221. The molecule has 1 atom stereocenters. The molecule has 27 heavy (non-hydrogen) atoms. The van der Waals surface area contributed by atoms with E-state index in [9.17, 15) is 4.79 Å². The van der Waals surface area contributed by atoms with Crippen molar-refractivity contribution in [1.29, 1.82) is 0 Å². The minimum absolute atomic E-state index is 0.133. The Morgan fingerprint density at radius 2 is 1.96 bits per heavy atom. The Morgan fingerprint density at radius 1 is 1.19 bits per heavy atom. The van der Waals surface area contributed by atoms with Gasteiger partial charge < -0.3 is 5.32 Å². The van der Waals surface area contributed by atoms with Crippen LogP contribution >= 0.6 is 46.6 Å². The van der Waals surface area contributed by atoms with Crippen LogP contribution in [0.2, 0.25) is 15.1 Å². The van der Waals surface area contributed by atoms with Crippen LogP contribution in [0.1, 0.15) is 18.0 Å². The second-order valence-corrected chi connectivity index (χ2v) is 8.09. The molecule has 0 bridgehead atoms. The van der Waals surface area contributed by atoms with Crippen molar-refractivity contribution in [2.75, 3.05) is 11.1 Å². The maximum atomic E-state index is 12.4. The van der Waals surface area contributed by atoms with Gasteiger partial charge in [0.15, 0.2) is 5.17 Å². The number of hydrazone groups is 1. The van der Waals surface area contributed by atoms with Gasteiger partial charge in [-0.3, -0.25) is 4.79 Å². The van der Waals surface area contributed by atoms with Crippen molar-refractivity contribution in [3.8, 4) is 0 Å². The van der Waals surface area contributed by atoms with E-state index in [-0.39, 0.29) is 17.7 Å². The van der Waals surface area contributed by atoms with Gasteiger partial charge in [0.1, 0.15) is 0 Å². The number of aliphatic imine (C=N–C) groups is 1. The van der Waals surface area contributed by atoms with Crippen molar-refractivity contribution in [3.63, 3.8) is 0 Å². The summed E-state index contributed by atoms with van der Waals surface area (Å²) in [7, 11) is 0. The Labute approximate surface area is 175 Å². The normalized spacial score (nSPS) is 17.4. The second-order valence-electron chi connectivity index (χ2n) is 5.93. The Morgan fingerprint density at radius 3 is 2.81 bits per heavy atom. The standard InChI is InChI=1S/C18H13Cl3N4OS/c19-11-7-13(21)15(8-12(11)20)23-17(26)9-27-18-24-14-4-2-1-3-10(14)16-5-6-22-25(16)18/h1-4,6-8,16H,5,9H2,(H,23,26)/t16-/m1/s1. The lowest BCUT2D eigenvalue weighted by Gasteiger charge is -2.29. The summed E-state index contributed by atoms with van der Waals surface area (Å²) in [5.41, 5.74) is 2.48. The highest BCUT2D eigenvalue weighted by molar-refractivity contribution is 8.14. The highest BCUT2D eigenvalue weighted by atomic mass is 35.5. The number of benzene rings is 2. The van der Waals surface area contributed by atoms with Gasteiger partial charge >= 0.3 is 0 Å². The maximum Gasteiger partial charge on any atom is 0.234 e. The van der Waals surface area contributed by atoms with Crippen LogP contribution in [-0.2, 0) is 4.79 Å². The molecule has 0 radical (unpaired) electrons. The Hall–Kier alpha value is -1.73. The van der Waals surface area contributed by atoms with Gasteiger partial charge in [0.05, 0.1) is 38.2 Å². The predicted octanol–water partition coefficient (Wildman–Crippen LogP) is 5.75. The smallest absolute Gasteiger partial charge is 0.234 e. The van der Waals surface area contributed by atoms with Gasteiger partial charge in [0.25, 0.3) is 0 Å². The van der Waals surface area contributed by atoms with Gasteiger partial charge in [-0.2, -0.15) is 5.10 Å². The second kappa shape index (κ2) is 7.72. The number of amides is 1. The summed E-state index contributed by atoms with van der Waals surface area (Å²) in [5, 5.41) is 10.7. The number of carbonyl (C=O) groups is 1. The summed E-state index contributed by atoms with van der Waals surface area (Å²) in [4.78, 5) is 17.0. The molecule has 0 spiro atoms. The van der Waals surface area contributed by atoms with Crippen molar-refractivity contribution in [3.05, 3.63) is 57.0 Å². The summed E-state index contributed by atoms with van der Waals surface area (Å²) in [5.74, 6) is -0.0578. The topological polar surface area (TPSA) is 57.1 Å². The van der Waals surface area contributed by atoms with Gasteiger partial charge in [-0.05, 0) is 18.2 Å². The average Bonchev–Trinajstić information content (AvgIpc) is 3.14. The molecule has 2 aliphatic rings. The van der Waals surface area contributed by atoms with Gasteiger partial charge in [-0.15, -0.1) is 0 Å². The van der Waals surface area contributed by atoms with Crippen molar-refractivity contribution in [1.82, 2.24) is 5.01 Å². The number of thioether (sulfide) groups is 1. The number of hydrogen-bond acceptors (Lipinski definition) is 5. The van der Waals surface area contributed by atoms with E-state index in [1.54, 1.807) is 0 Å². The van der Waals surface area contributed by atoms with Crippen LogP contribution in [0.3, 0.4) is 0 Å². The Kier molecular flexibility index (Phi) is 5.32. The molecule has 0 unspecified atom stereocenters. The van der Waals surface area contributed by atoms with Crippen molar-refractivity contribution in [2.24, 2.45) is 10.1 Å². The zero-order valence-electron chi connectivity index (χ0n) is 13.8. The number of para-hydroxylation sites is 1. The molecule has 0 fully saturated rings. The fourth-order valence-electron chi connectivity index (χ4n) is 2.92. The van der Waals surface area contributed by atoms with Crippen LogP contribution < -0.4 is 5.32 Å². The van der Waals surface area contributed by atoms with E-state index in [1.807, 2.05) is 29.4 Å². The summed E-state index contributed by atoms with van der Waals surface area (Å²) >= 11 is 19.3. The molecule has 4 rings (SSSR count). The van der Waals surface area contributed by atoms with E-state index in [2.05, 4.69) is 21.5 Å². The number of nitrogens with zero attached hydrogens (tertiary/aromatic N) is 3. The lowest BCUT2D eigenvalue weighted by molar-refractivity contribution is -0.113. The zero-order chi connectivity index (χ0) is 19.0. The maximum absolute atomic E-state index is 12.4. The highest BCUT2D eigenvalue weighted by Crippen LogP contribution is 2.41. The number of nitrogens with one attached hydrogen (secondary N) is 1. The van der Waals surface area contributed by atoms with E-state index in [0.717, 1.165) is 17.7 Å². The lowest BCUT2D eigenvalue weighted by Crippen LogP contribution is -2.29. The van der Waals surface area contributed by atoms with Gasteiger partial charge in [-0.1, -0.05) is 64.8 Å². The predicted molar refractivity (Wildman–Crippen MR) is 114 cm³/mol. The molecule has 2 aromatic carbocycles.